The maximum atomic E-state index is 12.3. The van der Waals surface area contributed by atoms with Gasteiger partial charge in [-0.05, 0) is 36.6 Å². The van der Waals surface area contributed by atoms with Gasteiger partial charge in [0, 0.05) is 23.0 Å². The number of hydrogen-bond acceptors (Lipinski definition) is 3. The van der Waals surface area contributed by atoms with Crippen molar-refractivity contribution in [2.24, 2.45) is 0 Å². The highest BCUT2D eigenvalue weighted by Gasteiger charge is 2.09. The lowest BCUT2D eigenvalue weighted by Gasteiger charge is -2.13. The number of carbonyl (C=O) groups excluding carboxylic acids is 1. The molecule has 0 fully saturated rings. The minimum Gasteiger partial charge on any atom is -0.375 e. The molecule has 0 aliphatic heterocycles. The van der Waals surface area contributed by atoms with Crippen molar-refractivity contribution in [3.8, 4) is 0 Å². The predicted molar refractivity (Wildman–Crippen MR) is 99.4 cm³/mol. The average molecular weight is 319 g/mol. The molecular weight excluding hydrogens is 298 g/mol. The van der Waals surface area contributed by atoms with Crippen LogP contribution in [0.1, 0.15) is 18.1 Å². The minimum absolute atomic E-state index is 0.0591. The first-order valence-corrected chi connectivity index (χ1v) is 8.15. The van der Waals surface area contributed by atoms with Crippen LogP contribution in [0.2, 0.25) is 0 Å². The molecule has 1 aromatic heterocycles. The number of aromatic nitrogens is 1. The van der Waals surface area contributed by atoms with Gasteiger partial charge in [-0.15, -0.1) is 0 Å². The highest BCUT2D eigenvalue weighted by Crippen LogP contribution is 2.25. The van der Waals surface area contributed by atoms with E-state index in [2.05, 4.69) is 22.5 Å². The number of para-hydroxylation sites is 2. The summed E-state index contributed by atoms with van der Waals surface area (Å²) < 4.78 is 0. The lowest BCUT2D eigenvalue weighted by Crippen LogP contribution is -2.22. The van der Waals surface area contributed by atoms with Gasteiger partial charge in [-0.25, -0.2) is 0 Å². The van der Waals surface area contributed by atoms with Gasteiger partial charge < -0.3 is 10.6 Å². The third-order valence-electron chi connectivity index (χ3n) is 4.06. The number of nitrogens with zero attached hydrogens (tertiary/aromatic N) is 1. The van der Waals surface area contributed by atoms with E-state index in [-0.39, 0.29) is 12.5 Å². The molecule has 2 aromatic carbocycles. The molecule has 24 heavy (non-hydrogen) atoms. The molecule has 1 heterocycles. The first-order valence-electron chi connectivity index (χ1n) is 8.15. The fraction of sp³-hybridized carbons (Fsp3) is 0.200. The van der Waals surface area contributed by atoms with Gasteiger partial charge in [-0.2, -0.15) is 0 Å². The lowest BCUT2D eigenvalue weighted by atomic mass is 10.1. The number of pyridine rings is 1. The molecule has 4 nitrogen and oxygen atoms in total. The number of rotatable bonds is 5. The van der Waals surface area contributed by atoms with Crippen LogP contribution >= 0.6 is 0 Å². The van der Waals surface area contributed by atoms with Gasteiger partial charge >= 0.3 is 0 Å². The van der Waals surface area contributed by atoms with Gasteiger partial charge in [-0.3, -0.25) is 9.78 Å². The molecule has 1 amide bonds. The number of fused-ring (bicyclic) bond motifs is 1. The highest BCUT2D eigenvalue weighted by atomic mass is 16.1. The van der Waals surface area contributed by atoms with Gasteiger partial charge in [0.1, 0.15) is 0 Å². The predicted octanol–water partition coefficient (Wildman–Crippen LogP) is 4.16. The number of benzene rings is 2. The monoisotopic (exact) mass is 319 g/mol. The van der Waals surface area contributed by atoms with Crippen LogP contribution in [0.3, 0.4) is 0 Å². The third kappa shape index (κ3) is 3.38. The Hall–Kier alpha value is -2.88. The van der Waals surface area contributed by atoms with Crippen LogP contribution in [-0.2, 0) is 11.2 Å². The second kappa shape index (κ2) is 7.13. The first-order chi connectivity index (χ1) is 11.7. The second-order valence-corrected chi connectivity index (χ2v) is 5.75. The van der Waals surface area contributed by atoms with Crippen LogP contribution in [0.25, 0.3) is 10.9 Å². The Balaban J connectivity index is 1.74. The van der Waals surface area contributed by atoms with Gasteiger partial charge in [0.25, 0.3) is 0 Å². The zero-order valence-electron chi connectivity index (χ0n) is 14.0. The molecular formula is C20H21N3O. The smallest absolute Gasteiger partial charge is 0.243 e. The van der Waals surface area contributed by atoms with Gasteiger partial charge in [-0.1, -0.05) is 43.3 Å². The molecule has 122 valence electrons. The van der Waals surface area contributed by atoms with E-state index in [9.17, 15) is 4.79 Å². The number of anilines is 2. The fourth-order valence-corrected chi connectivity index (χ4v) is 2.79. The molecule has 3 aromatic rings. The summed E-state index contributed by atoms with van der Waals surface area (Å²) in [5, 5.41) is 7.27. The van der Waals surface area contributed by atoms with Crippen LogP contribution in [-0.4, -0.2) is 17.4 Å². The number of amides is 1. The number of hydrogen-bond donors (Lipinski definition) is 2. The Kier molecular flexibility index (Phi) is 4.75. The van der Waals surface area contributed by atoms with E-state index in [1.54, 1.807) is 0 Å². The summed E-state index contributed by atoms with van der Waals surface area (Å²) in [5.74, 6) is -0.0591. The molecule has 0 spiro atoms. The van der Waals surface area contributed by atoms with Crippen molar-refractivity contribution in [3.63, 3.8) is 0 Å². The maximum Gasteiger partial charge on any atom is 0.243 e. The molecule has 0 saturated heterocycles. The molecule has 0 atom stereocenters. The molecule has 0 aliphatic carbocycles. The van der Waals surface area contributed by atoms with Crippen LogP contribution in [0, 0.1) is 6.92 Å². The average Bonchev–Trinajstić information content (AvgIpc) is 2.61. The SMILES string of the molecule is CCc1ccccc1NC(=O)CNc1c(C)cnc2ccccc12. The molecule has 0 radical (unpaired) electrons. The molecule has 2 N–H and O–H groups in total. The van der Waals surface area contributed by atoms with Crippen molar-refractivity contribution >= 4 is 28.2 Å². The Bertz CT molecular complexity index is 874. The minimum atomic E-state index is -0.0591. The lowest BCUT2D eigenvalue weighted by molar-refractivity contribution is -0.114. The zero-order chi connectivity index (χ0) is 16.9. The van der Waals surface area contributed by atoms with Gasteiger partial charge in [0.05, 0.1) is 12.1 Å². The number of nitrogens with one attached hydrogen (secondary N) is 2. The Morgan fingerprint density at radius 3 is 2.67 bits per heavy atom. The van der Waals surface area contributed by atoms with E-state index in [1.165, 1.54) is 0 Å². The Labute approximate surface area is 141 Å². The molecule has 4 heteroatoms. The van der Waals surface area contributed by atoms with E-state index < -0.39 is 0 Å². The summed E-state index contributed by atoms with van der Waals surface area (Å²) in [6.07, 6.45) is 2.72. The normalized spacial score (nSPS) is 10.6. The molecule has 3 rings (SSSR count). The summed E-state index contributed by atoms with van der Waals surface area (Å²) in [6, 6.07) is 15.8. The second-order valence-electron chi connectivity index (χ2n) is 5.75. The van der Waals surface area contributed by atoms with E-state index in [1.807, 2.05) is 61.7 Å². The number of aryl methyl sites for hydroxylation is 2. The standard InChI is InChI=1S/C20H21N3O/c1-3-15-8-4-6-10-17(15)23-19(24)13-22-20-14(2)12-21-18-11-7-5-9-16(18)20/h4-12H,3,13H2,1-2H3,(H,21,22)(H,23,24). The van der Waals surface area contributed by atoms with Crippen LogP contribution in [0.15, 0.2) is 54.7 Å². The molecule has 0 aliphatic rings. The van der Waals surface area contributed by atoms with Crippen molar-refractivity contribution in [1.82, 2.24) is 4.98 Å². The topological polar surface area (TPSA) is 54.0 Å². The molecule has 0 bridgehead atoms. The highest BCUT2D eigenvalue weighted by molar-refractivity contribution is 5.97. The fourth-order valence-electron chi connectivity index (χ4n) is 2.79. The van der Waals surface area contributed by atoms with Crippen molar-refractivity contribution in [2.45, 2.75) is 20.3 Å². The third-order valence-corrected chi connectivity index (χ3v) is 4.06. The van der Waals surface area contributed by atoms with Crippen LogP contribution < -0.4 is 10.6 Å². The van der Waals surface area contributed by atoms with Gasteiger partial charge in [0.2, 0.25) is 5.91 Å². The van der Waals surface area contributed by atoms with E-state index >= 15 is 0 Å². The summed E-state index contributed by atoms with van der Waals surface area (Å²) >= 11 is 0. The molecule has 0 unspecified atom stereocenters. The Morgan fingerprint density at radius 1 is 1.08 bits per heavy atom. The summed E-state index contributed by atoms with van der Waals surface area (Å²) in [5.41, 5.74) is 4.91. The van der Waals surface area contributed by atoms with Crippen molar-refractivity contribution < 1.29 is 4.79 Å². The van der Waals surface area contributed by atoms with Gasteiger partial charge in [0.15, 0.2) is 0 Å². The summed E-state index contributed by atoms with van der Waals surface area (Å²) in [7, 11) is 0. The first kappa shape index (κ1) is 16.0. The molecule has 0 saturated carbocycles. The maximum absolute atomic E-state index is 12.3. The van der Waals surface area contributed by atoms with E-state index in [0.717, 1.165) is 39.8 Å². The number of carbonyl (C=O) groups is 1. The summed E-state index contributed by atoms with van der Waals surface area (Å²) in [6.45, 7) is 4.29. The zero-order valence-corrected chi connectivity index (χ0v) is 14.0. The van der Waals surface area contributed by atoms with Crippen LogP contribution in [0.5, 0.6) is 0 Å². The van der Waals surface area contributed by atoms with Crippen molar-refractivity contribution in [3.05, 3.63) is 65.9 Å². The van der Waals surface area contributed by atoms with Crippen molar-refractivity contribution in [1.29, 1.82) is 0 Å². The van der Waals surface area contributed by atoms with Crippen LogP contribution in [0.4, 0.5) is 11.4 Å². The summed E-state index contributed by atoms with van der Waals surface area (Å²) in [4.78, 5) is 16.7. The van der Waals surface area contributed by atoms with E-state index in [4.69, 9.17) is 0 Å². The quantitative estimate of drug-likeness (QED) is 0.742. The largest absolute Gasteiger partial charge is 0.375 e. The Morgan fingerprint density at radius 2 is 1.83 bits per heavy atom. The van der Waals surface area contributed by atoms with Crippen molar-refractivity contribution in [2.75, 3.05) is 17.2 Å². The van der Waals surface area contributed by atoms with E-state index in [0.29, 0.717) is 0 Å².